The number of unbranched alkanes of at least 4 members (excludes halogenated alkanes) is 10. The first-order chi connectivity index (χ1) is 16.5. The molecule has 0 radical (unpaired) electrons. The normalized spacial score (nSPS) is 15.7. The number of phosphoric ester groups is 1. The van der Waals surface area contributed by atoms with E-state index in [0.717, 1.165) is 44.9 Å². The highest BCUT2D eigenvalue weighted by molar-refractivity contribution is 7.47. The number of carbonyl (C=O) groups is 1. The summed E-state index contributed by atoms with van der Waals surface area (Å²) in [5, 5.41) is 13.4. The van der Waals surface area contributed by atoms with Crippen molar-refractivity contribution in [3.8, 4) is 0 Å². The Morgan fingerprint density at radius 1 is 0.943 bits per heavy atom. The molecule has 35 heavy (non-hydrogen) atoms. The van der Waals surface area contributed by atoms with E-state index in [1.165, 1.54) is 32.1 Å². The second-order valence-corrected chi connectivity index (χ2v) is 11.9. The first-order valence-corrected chi connectivity index (χ1v) is 15.1. The zero-order valence-electron chi connectivity index (χ0n) is 23.0. The molecule has 3 atom stereocenters. The SMILES string of the molecule is CCCCCC/C=C/C(O)C(COP(=O)(O)OCC[N+](C)(C)C)NC(=O)CCCCCCCCC. The van der Waals surface area contributed by atoms with E-state index in [4.69, 9.17) is 9.05 Å². The summed E-state index contributed by atoms with van der Waals surface area (Å²) in [6.07, 6.45) is 16.0. The van der Waals surface area contributed by atoms with Gasteiger partial charge in [0.05, 0.1) is 39.9 Å². The molecule has 0 rings (SSSR count). The van der Waals surface area contributed by atoms with Crippen LogP contribution in [0.3, 0.4) is 0 Å². The summed E-state index contributed by atoms with van der Waals surface area (Å²) >= 11 is 0. The fourth-order valence-corrected chi connectivity index (χ4v) is 4.18. The molecule has 3 N–H and O–H groups in total. The van der Waals surface area contributed by atoms with Crippen LogP contribution >= 0.6 is 7.82 Å². The predicted molar refractivity (Wildman–Crippen MR) is 143 cm³/mol. The van der Waals surface area contributed by atoms with Gasteiger partial charge < -0.3 is 19.8 Å². The highest BCUT2D eigenvalue weighted by Gasteiger charge is 2.27. The van der Waals surface area contributed by atoms with Gasteiger partial charge in [-0.1, -0.05) is 83.8 Å². The van der Waals surface area contributed by atoms with Crippen LogP contribution < -0.4 is 5.32 Å². The molecule has 0 spiro atoms. The second kappa shape index (κ2) is 20.3. The Labute approximate surface area is 214 Å². The first kappa shape index (κ1) is 34.2. The van der Waals surface area contributed by atoms with E-state index in [2.05, 4.69) is 19.2 Å². The monoisotopic (exact) mass is 521 g/mol. The van der Waals surface area contributed by atoms with Crippen LogP contribution in [0, 0.1) is 0 Å². The number of likely N-dealkylation sites (N-methyl/N-ethyl adjacent to an activating group) is 1. The van der Waals surface area contributed by atoms with Crippen LogP contribution in [0.2, 0.25) is 0 Å². The number of rotatable bonds is 23. The summed E-state index contributed by atoms with van der Waals surface area (Å²) in [5.41, 5.74) is 0. The summed E-state index contributed by atoms with van der Waals surface area (Å²) < 4.78 is 23.1. The molecule has 0 aromatic heterocycles. The van der Waals surface area contributed by atoms with Gasteiger partial charge >= 0.3 is 7.82 Å². The third-order valence-corrected chi connectivity index (χ3v) is 6.74. The molecule has 0 aliphatic rings. The predicted octanol–water partition coefficient (Wildman–Crippen LogP) is 5.34. The van der Waals surface area contributed by atoms with E-state index in [1.54, 1.807) is 6.08 Å². The van der Waals surface area contributed by atoms with E-state index in [9.17, 15) is 19.4 Å². The lowest BCUT2D eigenvalue weighted by molar-refractivity contribution is -0.870. The Kier molecular flexibility index (Phi) is 19.9. The maximum atomic E-state index is 12.5. The number of aliphatic hydroxyl groups is 1. The maximum Gasteiger partial charge on any atom is 0.472 e. The van der Waals surface area contributed by atoms with Crippen molar-refractivity contribution in [2.24, 2.45) is 0 Å². The lowest BCUT2D eigenvalue weighted by atomic mass is 10.1. The summed E-state index contributed by atoms with van der Waals surface area (Å²) in [4.78, 5) is 22.5. The van der Waals surface area contributed by atoms with E-state index in [-0.39, 0.29) is 19.1 Å². The molecule has 0 heterocycles. The van der Waals surface area contributed by atoms with Gasteiger partial charge in [-0.05, 0) is 19.3 Å². The van der Waals surface area contributed by atoms with E-state index >= 15 is 0 Å². The minimum Gasteiger partial charge on any atom is -0.387 e. The zero-order chi connectivity index (χ0) is 26.6. The number of hydrogen-bond acceptors (Lipinski definition) is 5. The van der Waals surface area contributed by atoms with Gasteiger partial charge in [0.15, 0.2) is 0 Å². The van der Waals surface area contributed by atoms with Crippen molar-refractivity contribution in [3.05, 3.63) is 12.2 Å². The molecule has 1 amide bonds. The fraction of sp³-hybridized carbons (Fsp3) is 0.885. The number of allylic oxidation sites excluding steroid dienone is 1. The average molecular weight is 522 g/mol. The van der Waals surface area contributed by atoms with Gasteiger partial charge in [-0.15, -0.1) is 0 Å². The smallest absolute Gasteiger partial charge is 0.387 e. The Morgan fingerprint density at radius 2 is 1.51 bits per heavy atom. The van der Waals surface area contributed by atoms with E-state index in [1.807, 2.05) is 27.2 Å². The number of nitrogens with one attached hydrogen (secondary N) is 1. The van der Waals surface area contributed by atoms with Crippen LogP contribution in [-0.2, 0) is 18.4 Å². The lowest BCUT2D eigenvalue weighted by Crippen LogP contribution is -2.45. The molecule has 8 nitrogen and oxygen atoms in total. The molecule has 9 heteroatoms. The fourth-order valence-electron chi connectivity index (χ4n) is 3.45. The molecular weight excluding hydrogens is 467 g/mol. The van der Waals surface area contributed by atoms with Crippen molar-refractivity contribution in [2.75, 3.05) is 40.9 Å². The molecule has 0 aliphatic heterocycles. The van der Waals surface area contributed by atoms with Crippen molar-refractivity contribution in [2.45, 2.75) is 109 Å². The Hall–Kier alpha value is -0.760. The molecule has 0 saturated heterocycles. The standard InChI is InChI=1S/C26H53N2O6P/c1-6-8-10-12-14-16-18-20-26(30)27-24(25(29)19-17-15-13-11-9-7-2)23-34-35(31,32)33-22-21-28(3,4)5/h17,19,24-25,29H,6-16,18,20-23H2,1-5H3,(H-,27,30,31,32)/p+1/b19-17+. The largest absolute Gasteiger partial charge is 0.472 e. The number of carbonyl (C=O) groups excluding carboxylic acids is 1. The van der Waals surface area contributed by atoms with Crippen LogP contribution in [0.25, 0.3) is 0 Å². The van der Waals surface area contributed by atoms with Gasteiger partial charge in [0.2, 0.25) is 5.91 Å². The number of hydrogen-bond donors (Lipinski definition) is 3. The third kappa shape index (κ3) is 22.2. The number of quaternary nitrogens is 1. The highest BCUT2D eigenvalue weighted by Crippen LogP contribution is 2.43. The summed E-state index contributed by atoms with van der Waals surface area (Å²) in [5.74, 6) is -0.193. The van der Waals surface area contributed by atoms with Crippen molar-refractivity contribution >= 4 is 13.7 Å². The average Bonchev–Trinajstić information content (AvgIpc) is 2.77. The molecule has 0 saturated carbocycles. The van der Waals surface area contributed by atoms with Crippen molar-refractivity contribution in [1.29, 1.82) is 0 Å². The summed E-state index contributed by atoms with van der Waals surface area (Å²) in [6.45, 7) is 4.63. The van der Waals surface area contributed by atoms with Crippen LogP contribution in [0.5, 0.6) is 0 Å². The second-order valence-electron chi connectivity index (χ2n) is 10.4. The Bertz CT molecular complexity index is 609. The Morgan fingerprint density at radius 3 is 2.11 bits per heavy atom. The molecule has 208 valence electrons. The lowest BCUT2D eigenvalue weighted by Gasteiger charge is -2.25. The molecule has 3 unspecified atom stereocenters. The number of amides is 1. The molecule has 0 aliphatic carbocycles. The van der Waals surface area contributed by atoms with Crippen LogP contribution in [0.1, 0.15) is 97.3 Å². The van der Waals surface area contributed by atoms with Gasteiger partial charge in [0.1, 0.15) is 13.2 Å². The highest BCUT2D eigenvalue weighted by atomic mass is 31.2. The van der Waals surface area contributed by atoms with Gasteiger partial charge in [0.25, 0.3) is 0 Å². The third-order valence-electron chi connectivity index (χ3n) is 5.76. The topological polar surface area (TPSA) is 105 Å². The quantitative estimate of drug-likeness (QED) is 0.0726. The number of phosphoric acid groups is 1. The first-order valence-electron chi connectivity index (χ1n) is 13.6. The van der Waals surface area contributed by atoms with Crippen LogP contribution in [0.15, 0.2) is 12.2 Å². The molecule has 0 aromatic carbocycles. The summed E-state index contributed by atoms with van der Waals surface area (Å²) in [7, 11) is 1.56. The molecule has 0 aromatic rings. The minimum atomic E-state index is -4.30. The van der Waals surface area contributed by atoms with E-state index in [0.29, 0.717) is 17.4 Å². The van der Waals surface area contributed by atoms with Gasteiger partial charge in [0, 0.05) is 6.42 Å². The van der Waals surface area contributed by atoms with Crippen LogP contribution in [0.4, 0.5) is 0 Å². The minimum absolute atomic E-state index is 0.0623. The zero-order valence-corrected chi connectivity index (χ0v) is 23.9. The van der Waals surface area contributed by atoms with E-state index < -0.39 is 20.0 Å². The Balaban J connectivity index is 4.74. The van der Waals surface area contributed by atoms with Crippen molar-refractivity contribution in [3.63, 3.8) is 0 Å². The summed E-state index contributed by atoms with van der Waals surface area (Å²) in [6, 6.07) is -0.832. The number of nitrogens with zero attached hydrogens (tertiary/aromatic N) is 1. The number of aliphatic hydroxyl groups excluding tert-OH is 1. The maximum absolute atomic E-state index is 12.5. The van der Waals surface area contributed by atoms with Gasteiger partial charge in [-0.2, -0.15) is 0 Å². The van der Waals surface area contributed by atoms with Gasteiger partial charge in [-0.3, -0.25) is 13.8 Å². The molecule has 0 bridgehead atoms. The molecular formula is C26H54N2O6P+. The van der Waals surface area contributed by atoms with Crippen LogP contribution in [-0.4, -0.2) is 73.4 Å². The van der Waals surface area contributed by atoms with Crippen molar-refractivity contribution < 1.29 is 32.9 Å². The van der Waals surface area contributed by atoms with Gasteiger partial charge in [-0.25, -0.2) is 4.57 Å². The van der Waals surface area contributed by atoms with Crippen molar-refractivity contribution in [1.82, 2.24) is 5.32 Å². The molecule has 0 fully saturated rings.